The highest BCUT2D eigenvalue weighted by atomic mass is 16.7. The second-order valence-electron chi connectivity index (χ2n) is 7.03. The molecule has 3 heterocycles. The van der Waals surface area contributed by atoms with Crippen LogP contribution in [0, 0.1) is 0 Å². The van der Waals surface area contributed by atoms with Crippen molar-refractivity contribution in [3.05, 3.63) is 36.3 Å². The molecule has 0 aliphatic carbocycles. The van der Waals surface area contributed by atoms with Gasteiger partial charge in [0.25, 0.3) is 0 Å². The number of aryl methyl sites for hydroxylation is 1. The van der Waals surface area contributed by atoms with E-state index in [1.807, 2.05) is 57.5 Å². The van der Waals surface area contributed by atoms with Crippen LogP contribution in [0.5, 0.6) is 0 Å². The number of rotatable bonds is 5. The first-order valence-electron chi connectivity index (χ1n) is 8.44. The molecule has 0 spiro atoms. The van der Waals surface area contributed by atoms with Crippen molar-refractivity contribution in [2.24, 2.45) is 0 Å². The first-order valence-corrected chi connectivity index (χ1v) is 8.44. The molecule has 0 aromatic carbocycles. The SMILES string of the molecule is CCn1cc(Nc2ncc(/C=C/B3OC(C)(C)C(C)(C)O3)cn2)cn1. The molecule has 3 rings (SSSR count). The fourth-order valence-corrected chi connectivity index (χ4v) is 2.38. The third-order valence-corrected chi connectivity index (χ3v) is 4.60. The predicted molar refractivity (Wildman–Crippen MR) is 98.3 cm³/mol. The van der Waals surface area contributed by atoms with E-state index in [0.717, 1.165) is 17.8 Å². The average molecular weight is 341 g/mol. The van der Waals surface area contributed by atoms with Crippen LogP contribution in [-0.4, -0.2) is 38.1 Å². The maximum Gasteiger partial charge on any atom is 0.487 e. The molecule has 0 saturated carbocycles. The van der Waals surface area contributed by atoms with Crippen LogP contribution in [0.1, 0.15) is 40.2 Å². The lowest BCUT2D eigenvalue weighted by Gasteiger charge is -2.32. The van der Waals surface area contributed by atoms with Gasteiger partial charge in [0.05, 0.1) is 23.1 Å². The van der Waals surface area contributed by atoms with Crippen molar-refractivity contribution in [2.75, 3.05) is 5.32 Å². The number of hydrogen-bond acceptors (Lipinski definition) is 6. The van der Waals surface area contributed by atoms with Crippen molar-refractivity contribution in [3.63, 3.8) is 0 Å². The van der Waals surface area contributed by atoms with Gasteiger partial charge in [-0.1, -0.05) is 12.1 Å². The highest BCUT2D eigenvalue weighted by Crippen LogP contribution is 2.36. The van der Waals surface area contributed by atoms with Crippen LogP contribution in [0.2, 0.25) is 0 Å². The van der Waals surface area contributed by atoms with Crippen molar-refractivity contribution in [1.29, 1.82) is 0 Å². The van der Waals surface area contributed by atoms with Gasteiger partial charge in [0, 0.05) is 30.7 Å². The molecular formula is C17H24BN5O2. The molecule has 0 atom stereocenters. The second kappa shape index (κ2) is 6.61. The summed E-state index contributed by atoms with van der Waals surface area (Å²) in [5, 5.41) is 7.33. The molecule has 1 aliphatic rings. The normalized spacial score (nSPS) is 18.8. The Hall–Kier alpha value is -2.19. The van der Waals surface area contributed by atoms with Crippen molar-refractivity contribution in [1.82, 2.24) is 19.7 Å². The molecule has 2 aromatic rings. The Morgan fingerprint density at radius 3 is 2.32 bits per heavy atom. The van der Waals surface area contributed by atoms with Gasteiger partial charge in [-0.15, -0.1) is 0 Å². The first kappa shape index (κ1) is 17.6. The topological polar surface area (TPSA) is 74.1 Å². The summed E-state index contributed by atoms with van der Waals surface area (Å²) >= 11 is 0. The molecule has 0 unspecified atom stereocenters. The molecule has 0 bridgehead atoms. The van der Waals surface area contributed by atoms with Crippen LogP contribution in [0.15, 0.2) is 30.8 Å². The Balaban J connectivity index is 1.61. The Bertz CT molecular complexity index is 739. The van der Waals surface area contributed by atoms with E-state index in [2.05, 4.69) is 20.4 Å². The van der Waals surface area contributed by atoms with Crippen molar-refractivity contribution < 1.29 is 9.31 Å². The number of anilines is 2. The molecule has 1 N–H and O–H groups in total. The molecule has 0 radical (unpaired) electrons. The number of nitrogens with one attached hydrogen (secondary N) is 1. The molecule has 8 heteroatoms. The lowest BCUT2D eigenvalue weighted by molar-refractivity contribution is 0.00578. The molecule has 0 amide bonds. The van der Waals surface area contributed by atoms with Crippen molar-refractivity contribution >= 4 is 24.8 Å². The standard InChI is InChI=1S/C17H24BN5O2/c1-6-23-12-14(11-21-23)22-15-19-9-13(10-20-15)7-8-18-24-16(2,3)17(4,5)25-18/h7-12H,6H2,1-5H3,(H,19,20,22)/b8-7+. The molecule has 7 nitrogen and oxygen atoms in total. The van der Waals surface area contributed by atoms with Gasteiger partial charge in [-0.2, -0.15) is 5.10 Å². The van der Waals surface area contributed by atoms with Gasteiger partial charge in [-0.3, -0.25) is 4.68 Å². The molecular weight excluding hydrogens is 317 g/mol. The Morgan fingerprint density at radius 1 is 1.12 bits per heavy atom. The van der Waals surface area contributed by atoms with E-state index >= 15 is 0 Å². The van der Waals surface area contributed by atoms with E-state index in [1.54, 1.807) is 18.6 Å². The molecule has 1 saturated heterocycles. The zero-order valence-electron chi connectivity index (χ0n) is 15.4. The summed E-state index contributed by atoms with van der Waals surface area (Å²) in [6, 6.07) is 0. The number of nitrogens with zero attached hydrogens (tertiary/aromatic N) is 4. The smallest absolute Gasteiger partial charge is 0.400 e. The summed E-state index contributed by atoms with van der Waals surface area (Å²) in [5.74, 6) is 2.41. The zero-order chi connectivity index (χ0) is 18.1. The summed E-state index contributed by atoms with van der Waals surface area (Å²) in [6.07, 6.45) is 9.07. The van der Waals surface area contributed by atoms with Crippen molar-refractivity contribution in [2.45, 2.75) is 52.4 Å². The molecule has 25 heavy (non-hydrogen) atoms. The maximum atomic E-state index is 5.93. The van der Waals surface area contributed by atoms with Gasteiger partial charge >= 0.3 is 7.12 Å². The quantitative estimate of drug-likeness (QED) is 0.843. The minimum absolute atomic E-state index is 0.338. The third kappa shape index (κ3) is 3.91. The number of aromatic nitrogens is 4. The minimum Gasteiger partial charge on any atom is -0.400 e. The Kier molecular flexibility index (Phi) is 4.66. The second-order valence-corrected chi connectivity index (χ2v) is 7.03. The van der Waals surface area contributed by atoms with Gasteiger partial charge in [-0.25, -0.2) is 9.97 Å². The monoisotopic (exact) mass is 341 g/mol. The van der Waals surface area contributed by atoms with Gasteiger partial charge < -0.3 is 14.6 Å². The van der Waals surface area contributed by atoms with Gasteiger partial charge in [0.1, 0.15) is 0 Å². The summed E-state index contributed by atoms with van der Waals surface area (Å²) in [6.45, 7) is 11.0. The van der Waals surface area contributed by atoms with E-state index in [0.29, 0.717) is 5.95 Å². The highest BCUT2D eigenvalue weighted by Gasteiger charge is 2.49. The minimum atomic E-state index is -0.373. The van der Waals surface area contributed by atoms with Crippen LogP contribution in [0.3, 0.4) is 0 Å². The first-order chi connectivity index (χ1) is 11.8. The molecule has 1 fully saturated rings. The maximum absolute atomic E-state index is 5.93. The average Bonchev–Trinajstić information content (AvgIpc) is 3.08. The molecule has 132 valence electrons. The van der Waals surface area contributed by atoms with Crippen LogP contribution < -0.4 is 5.32 Å². The lowest BCUT2D eigenvalue weighted by atomic mass is 9.89. The fraction of sp³-hybridized carbons (Fsp3) is 0.471. The Morgan fingerprint density at radius 2 is 1.76 bits per heavy atom. The Labute approximate surface area is 148 Å². The summed E-state index contributed by atoms with van der Waals surface area (Å²) in [5.41, 5.74) is 1.07. The molecule has 2 aromatic heterocycles. The predicted octanol–water partition coefficient (Wildman–Crippen LogP) is 3.08. The van der Waals surface area contributed by atoms with Crippen molar-refractivity contribution in [3.8, 4) is 0 Å². The van der Waals surface area contributed by atoms with Gasteiger partial charge in [0.15, 0.2) is 0 Å². The number of hydrogen-bond donors (Lipinski definition) is 1. The fourth-order valence-electron chi connectivity index (χ4n) is 2.38. The van der Waals surface area contributed by atoms with Crippen LogP contribution in [0.25, 0.3) is 6.08 Å². The summed E-state index contributed by atoms with van der Waals surface area (Å²) in [4.78, 5) is 8.64. The third-order valence-electron chi connectivity index (χ3n) is 4.60. The summed E-state index contributed by atoms with van der Waals surface area (Å²) in [7, 11) is -0.373. The van der Waals surface area contributed by atoms with Crippen LogP contribution in [0.4, 0.5) is 11.6 Å². The van der Waals surface area contributed by atoms with E-state index in [-0.39, 0.29) is 18.3 Å². The largest absolute Gasteiger partial charge is 0.487 e. The van der Waals surface area contributed by atoms with E-state index in [1.165, 1.54) is 0 Å². The van der Waals surface area contributed by atoms with Gasteiger partial charge in [-0.05, 0) is 34.6 Å². The van der Waals surface area contributed by atoms with E-state index in [9.17, 15) is 0 Å². The zero-order valence-corrected chi connectivity index (χ0v) is 15.4. The summed E-state index contributed by atoms with van der Waals surface area (Å²) < 4.78 is 13.7. The van der Waals surface area contributed by atoms with Crippen LogP contribution in [-0.2, 0) is 15.9 Å². The van der Waals surface area contributed by atoms with E-state index < -0.39 is 0 Å². The lowest BCUT2D eigenvalue weighted by Crippen LogP contribution is -2.41. The van der Waals surface area contributed by atoms with E-state index in [4.69, 9.17) is 9.31 Å². The highest BCUT2D eigenvalue weighted by molar-refractivity contribution is 6.52. The van der Waals surface area contributed by atoms with Crippen LogP contribution >= 0.6 is 0 Å². The molecule has 1 aliphatic heterocycles. The van der Waals surface area contributed by atoms with Gasteiger partial charge in [0.2, 0.25) is 5.95 Å².